The van der Waals surface area contributed by atoms with Gasteiger partial charge in [0.05, 0.1) is 6.61 Å². The fourth-order valence-corrected chi connectivity index (χ4v) is 1.72. The summed E-state index contributed by atoms with van der Waals surface area (Å²) in [6, 6.07) is 7.38. The van der Waals surface area contributed by atoms with Crippen LogP contribution >= 0.6 is 15.9 Å². The van der Waals surface area contributed by atoms with Crippen molar-refractivity contribution in [3.63, 3.8) is 0 Å². The lowest BCUT2D eigenvalue weighted by molar-refractivity contribution is -0.144. The summed E-state index contributed by atoms with van der Waals surface area (Å²) in [5, 5.41) is 9.93. The topological polar surface area (TPSA) is 46.5 Å². The van der Waals surface area contributed by atoms with Gasteiger partial charge in [0.1, 0.15) is 10.9 Å². The van der Waals surface area contributed by atoms with Crippen molar-refractivity contribution in [2.45, 2.75) is 24.8 Å². The summed E-state index contributed by atoms with van der Waals surface area (Å²) in [7, 11) is 0. The van der Waals surface area contributed by atoms with Crippen LogP contribution in [0.2, 0.25) is 0 Å². The molecule has 0 bridgehead atoms. The van der Waals surface area contributed by atoms with E-state index in [0.29, 0.717) is 12.2 Å². The number of alkyl halides is 1. The van der Waals surface area contributed by atoms with Crippen LogP contribution in [0, 0.1) is 6.92 Å². The van der Waals surface area contributed by atoms with Gasteiger partial charge in [0.15, 0.2) is 0 Å². The van der Waals surface area contributed by atoms with E-state index >= 15 is 0 Å². The van der Waals surface area contributed by atoms with Crippen LogP contribution in [-0.4, -0.2) is 22.5 Å². The van der Waals surface area contributed by atoms with Crippen LogP contribution in [0.5, 0.6) is 0 Å². The maximum absolute atomic E-state index is 11.4. The standard InChI is InChI=1S/C12H15BrO3/c1-3-16-12(15)10(13)11(14)9-6-4-8(2)5-7-9/h4-7,10-11,14H,3H2,1-2H3. The minimum absolute atomic E-state index is 0.307. The Labute approximate surface area is 104 Å². The van der Waals surface area contributed by atoms with E-state index in [1.165, 1.54) is 0 Å². The van der Waals surface area contributed by atoms with Crippen molar-refractivity contribution in [3.8, 4) is 0 Å². The van der Waals surface area contributed by atoms with Crippen LogP contribution in [0.4, 0.5) is 0 Å². The number of carbonyl (C=O) groups is 1. The normalized spacial score (nSPS) is 14.2. The molecule has 3 nitrogen and oxygen atoms in total. The highest BCUT2D eigenvalue weighted by atomic mass is 79.9. The van der Waals surface area contributed by atoms with Crippen molar-refractivity contribution in [3.05, 3.63) is 35.4 Å². The van der Waals surface area contributed by atoms with Gasteiger partial charge in [-0.1, -0.05) is 45.8 Å². The van der Waals surface area contributed by atoms with Crippen molar-refractivity contribution in [2.75, 3.05) is 6.61 Å². The van der Waals surface area contributed by atoms with Crippen molar-refractivity contribution in [1.29, 1.82) is 0 Å². The second kappa shape index (κ2) is 6.01. The lowest BCUT2D eigenvalue weighted by Gasteiger charge is -2.16. The molecule has 0 aliphatic rings. The summed E-state index contributed by atoms with van der Waals surface area (Å²) in [6.45, 7) is 4.00. The van der Waals surface area contributed by atoms with Crippen LogP contribution in [-0.2, 0) is 9.53 Å². The van der Waals surface area contributed by atoms with Crippen molar-refractivity contribution >= 4 is 21.9 Å². The van der Waals surface area contributed by atoms with E-state index in [1.807, 2.05) is 19.1 Å². The molecule has 1 aromatic carbocycles. The van der Waals surface area contributed by atoms with Gasteiger partial charge in [-0.3, -0.25) is 4.79 Å². The molecule has 0 saturated carbocycles. The molecule has 4 heteroatoms. The van der Waals surface area contributed by atoms with E-state index in [4.69, 9.17) is 4.74 Å². The molecular formula is C12H15BrO3. The van der Waals surface area contributed by atoms with E-state index in [9.17, 15) is 9.90 Å². The molecule has 0 aromatic heterocycles. The largest absolute Gasteiger partial charge is 0.465 e. The van der Waals surface area contributed by atoms with Gasteiger partial charge in [-0.05, 0) is 19.4 Å². The molecule has 0 aliphatic carbocycles. The van der Waals surface area contributed by atoms with Gasteiger partial charge in [0.25, 0.3) is 0 Å². The maximum atomic E-state index is 11.4. The molecule has 2 unspecified atom stereocenters. The van der Waals surface area contributed by atoms with E-state index < -0.39 is 16.9 Å². The average Bonchev–Trinajstić information content (AvgIpc) is 2.28. The zero-order valence-corrected chi connectivity index (χ0v) is 10.9. The third-order valence-electron chi connectivity index (χ3n) is 2.21. The predicted octanol–water partition coefficient (Wildman–Crippen LogP) is 2.36. The molecule has 16 heavy (non-hydrogen) atoms. The first-order valence-corrected chi connectivity index (χ1v) is 6.03. The first kappa shape index (κ1) is 13.2. The SMILES string of the molecule is CCOC(=O)C(Br)C(O)c1ccc(C)cc1. The molecule has 0 spiro atoms. The molecule has 0 aliphatic heterocycles. The van der Waals surface area contributed by atoms with Crippen LogP contribution in [0.3, 0.4) is 0 Å². The van der Waals surface area contributed by atoms with Gasteiger partial charge >= 0.3 is 5.97 Å². The number of aliphatic hydroxyl groups excluding tert-OH is 1. The average molecular weight is 287 g/mol. The van der Waals surface area contributed by atoms with E-state index in [2.05, 4.69) is 15.9 Å². The van der Waals surface area contributed by atoms with Crippen LogP contribution in [0.1, 0.15) is 24.2 Å². The molecule has 2 atom stereocenters. The third-order valence-corrected chi connectivity index (χ3v) is 3.08. The zero-order valence-electron chi connectivity index (χ0n) is 9.31. The molecule has 1 aromatic rings. The number of hydrogen-bond donors (Lipinski definition) is 1. The summed E-state index contributed by atoms with van der Waals surface area (Å²) in [6.07, 6.45) is -0.889. The summed E-state index contributed by atoms with van der Waals surface area (Å²) in [5.74, 6) is -0.449. The Morgan fingerprint density at radius 1 is 1.44 bits per heavy atom. The molecule has 0 fully saturated rings. The smallest absolute Gasteiger partial charge is 0.322 e. The Balaban J connectivity index is 2.73. The molecule has 88 valence electrons. The highest BCUT2D eigenvalue weighted by Crippen LogP contribution is 2.23. The third kappa shape index (κ3) is 3.32. The fourth-order valence-electron chi connectivity index (χ4n) is 1.28. The zero-order chi connectivity index (χ0) is 12.1. The first-order valence-electron chi connectivity index (χ1n) is 5.11. The molecule has 0 amide bonds. The minimum atomic E-state index is -0.889. The number of aliphatic hydroxyl groups is 1. The van der Waals surface area contributed by atoms with Crippen LogP contribution < -0.4 is 0 Å². The summed E-state index contributed by atoms with van der Waals surface area (Å²) >= 11 is 3.14. The van der Waals surface area contributed by atoms with Gasteiger partial charge in [0, 0.05) is 0 Å². The van der Waals surface area contributed by atoms with Crippen molar-refractivity contribution in [2.24, 2.45) is 0 Å². The van der Waals surface area contributed by atoms with Crippen LogP contribution in [0.25, 0.3) is 0 Å². The minimum Gasteiger partial charge on any atom is -0.465 e. The number of carbonyl (C=O) groups excluding carboxylic acids is 1. The Kier molecular flexibility index (Phi) is 4.96. The highest BCUT2D eigenvalue weighted by molar-refractivity contribution is 9.10. The number of hydrogen-bond acceptors (Lipinski definition) is 3. The monoisotopic (exact) mass is 286 g/mol. The molecule has 0 heterocycles. The molecule has 0 radical (unpaired) electrons. The maximum Gasteiger partial charge on any atom is 0.322 e. The second-order valence-corrected chi connectivity index (χ2v) is 4.50. The van der Waals surface area contributed by atoms with Gasteiger partial charge in [0.2, 0.25) is 0 Å². The Morgan fingerprint density at radius 2 is 2.00 bits per heavy atom. The van der Waals surface area contributed by atoms with Gasteiger partial charge in [-0.25, -0.2) is 0 Å². The fraction of sp³-hybridized carbons (Fsp3) is 0.417. The number of halogens is 1. The number of benzene rings is 1. The molecular weight excluding hydrogens is 272 g/mol. The number of esters is 1. The second-order valence-electron chi connectivity index (χ2n) is 3.51. The van der Waals surface area contributed by atoms with E-state index in [0.717, 1.165) is 5.56 Å². The number of ether oxygens (including phenoxy) is 1. The van der Waals surface area contributed by atoms with E-state index in [1.54, 1.807) is 19.1 Å². The quantitative estimate of drug-likeness (QED) is 0.683. The lowest BCUT2D eigenvalue weighted by Crippen LogP contribution is -2.24. The van der Waals surface area contributed by atoms with Crippen molar-refractivity contribution in [1.82, 2.24) is 0 Å². The predicted molar refractivity (Wildman–Crippen MR) is 65.5 cm³/mol. The van der Waals surface area contributed by atoms with Gasteiger partial charge in [-0.15, -0.1) is 0 Å². The lowest BCUT2D eigenvalue weighted by atomic mass is 10.1. The van der Waals surface area contributed by atoms with Gasteiger partial charge < -0.3 is 9.84 Å². The van der Waals surface area contributed by atoms with E-state index in [-0.39, 0.29) is 0 Å². The highest BCUT2D eigenvalue weighted by Gasteiger charge is 2.26. The summed E-state index contributed by atoms with van der Waals surface area (Å²) < 4.78 is 4.82. The van der Waals surface area contributed by atoms with Gasteiger partial charge in [-0.2, -0.15) is 0 Å². The molecule has 1 rings (SSSR count). The number of rotatable bonds is 4. The molecule has 0 saturated heterocycles. The van der Waals surface area contributed by atoms with Crippen LogP contribution in [0.15, 0.2) is 24.3 Å². The molecule has 1 N–H and O–H groups in total. The van der Waals surface area contributed by atoms with Crippen molar-refractivity contribution < 1.29 is 14.6 Å². The summed E-state index contributed by atoms with van der Waals surface area (Å²) in [4.78, 5) is 10.7. The Morgan fingerprint density at radius 3 is 2.50 bits per heavy atom. The Bertz CT molecular complexity index is 348. The number of aryl methyl sites for hydroxylation is 1. The first-order chi connectivity index (χ1) is 7.56. The Hall–Kier alpha value is -0.870. The summed E-state index contributed by atoms with van der Waals surface area (Å²) in [5.41, 5.74) is 1.80.